The van der Waals surface area contributed by atoms with Crippen LogP contribution in [0.2, 0.25) is 0 Å². The zero-order valence-electron chi connectivity index (χ0n) is 15.7. The van der Waals surface area contributed by atoms with Crippen molar-refractivity contribution in [2.75, 3.05) is 49.1 Å². The topological polar surface area (TPSA) is 35.5 Å². The van der Waals surface area contributed by atoms with Crippen molar-refractivity contribution < 1.29 is 8.78 Å². The molecular weight excluding hydrogens is 348 g/mol. The van der Waals surface area contributed by atoms with Gasteiger partial charge in [0.15, 0.2) is 0 Å². The first kappa shape index (κ1) is 18.1. The van der Waals surface area contributed by atoms with Gasteiger partial charge in [0.05, 0.1) is 0 Å². The molecule has 0 bridgehead atoms. The highest BCUT2D eigenvalue weighted by Gasteiger charge is 2.21. The van der Waals surface area contributed by atoms with E-state index in [1.807, 2.05) is 6.92 Å². The second kappa shape index (κ2) is 7.76. The van der Waals surface area contributed by atoms with Crippen LogP contribution in [0.5, 0.6) is 0 Å². The van der Waals surface area contributed by atoms with Crippen molar-refractivity contribution in [3.05, 3.63) is 47.3 Å². The van der Waals surface area contributed by atoms with E-state index < -0.39 is 11.6 Å². The molecule has 0 spiro atoms. The highest BCUT2D eigenvalue weighted by Crippen LogP contribution is 2.23. The number of piperazine rings is 1. The average Bonchev–Trinajstić information content (AvgIpc) is 3.16. The first-order valence-electron chi connectivity index (χ1n) is 9.60. The maximum absolute atomic E-state index is 13.4. The Morgan fingerprint density at radius 1 is 0.778 bits per heavy atom. The Labute approximate surface area is 158 Å². The van der Waals surface area contributed by atoms with Crippen molar-refractivity contribution >= 4 is 11.6 Å². The summed E-state index contributed by atoms with van der Waals surface area (Å²) in [5.41, 5.74) is 0.676. The first-order valence-corrected chi connectivity index (χ1v) is 9.60. The lowest BCUT2D eigenvalue weighted by molar-refractivity contribution is 0.248. The third kappa shape index (κ3) is 4.35. The van der Waals surface area contributed by atoms with Gasteiger partial charge in [0.25, 0.3) is 0 Å². The van der Waals surface area contributed by atoms with E-state index in [0.29, 0.717) is 12.1 Å². The zero-order chi connectivity index (χ0) is 18.8. The van der Waals surface area contributed by atoms with Crippen LogP contribution in [0.4, 0.5) is 20.4 Å². The minimum atomic E-state index is -0.519. The van der Waals surface area contributed by atoms with E-state index in [1.165, 1.54) is 25.0 Å². The quantitative estimate of drug-likeness (QED) is 0.823. The molecule has 3 heterocycles. The van der Waals surface area contributed by atoms with Crippen molar-refractivity contribution in [2.45, 2.75) is 26.3 Å². The fourth-order valence-corrected chi connectivity index (χ4v) is 3.90. The molecule has 2 aromatic rings. The molecule has 0 N–H and O–H groups in total. The Hall–Kier alpha value is -2.28. The van der Waals surface area contributed by atoms with E-state index in [-0.39, 0.29) is 0 Å². The van der Waals surface area contributed by atoms with Crippen LogP contribution in [0.15, 0.2) is 24.3 Å². The van der Waals surface area contributed by atoms with Crippen molar-refractivity contribution in [3.8, 4) is 0 Å². The molecule has 5 nitrogen and oxygen atoms in total. The molecule has 7 heteroatoms. The van der Waals surface area contributed by atoms with Gasteiger partial charge in [0.2, 0.25) is 0 Å². The van der Waals surface area contributed by atoms with Crippen LogP contribution in [0, 0.1) is 18.6 Å². The van der Waals surface area contributed by atoms with Gasteiger partial charge in [0.1, 0.15) is 29.1 Å². The monoisotopic (exact) mass is 373 g/mol. The lowest BCUT2D eigenvalue weighted by Gasteiger charge is -2.35. The lowest BCUT2D eigenvalue weighted by atomic mass is 10.2. The molecule has 2 aliphatic heterocycles. The van der Waals surface area contributed by atoms with Gasteiger partial charge >= 0.3 is 0 Å². The summed E-state index contributed by atoms with van der Waals surface area (Å²) < 4.78 is 26.8. The van der Waals surface area contributed by atoms with Crippen LogP contribution in [0.25, 0.3) is 0 Å². The van der Waals surface area contributed by atoms with E-state index in [2.05, 4.69) is 30.7 Å². The van der Waals surface area contributed by atoms with Crippen LogP contribution in [-0.4, -0.2) is 54.1 Å². The molecule has 144 valence electrons. The van der Waals surface area contributed by atoms with Crippen LogP contribution in [-0.2, 0) is 6.54 Å². The highest BCUT2D eigenvalue weighted by molar-refractivity contribution is 5.51. The summed E-state index contributed by atoms with van der Waals surface area (Å²) in [7, 11) is 0. The van der Waals surface area contributed by atoms with Gasteiger partial charge in [-0.15, -0.1) is 0 Å². The number of nitrogens with zero attached hydrogens (tertiary/aromatic N) is 5. The van der Waals surface area contributed by atoms with Crippen molar-refractivity contribution in [1.29, 1.82) is 0 Å². The number of hydrogen-bond acceptors (Lipinski definition) is 5. The molecular formula is C20H25F2N5. The van der Waals surface area contributed by atoms with E-state index in [0.717, 1.165) is 62.8 Å². The van der Waals surface area contributed by atoms with Gasteiger partial charge in [-0.1, -0.05) is 0 Å². The molecule has 1 aromatic carbocycles. The molecule has 4 rings (SSSR count). The highest BCUT2D eigenvalue weighted by atomic mass is 19.1. The third-order valence-corrected chi connectivity index (χ3v) is 5.27. The third-order valence-electron chi connectivity index (χ3n) is 5.27. The van der Waals surface area contributed by atoms with Crippen LogP contribution in [0.3, 0.4) is 0 Å². The van der Waals surface area contributed by atoms with E-state index in [9.17, 15) is 8.78 Å². The molecule has 1 aromatic heterocycles. The van der Waals surface area contributed by atoms with Gasteiger partial charge in [0, 0.05) is 57.9 Å². The summed E-state index contributed by atoms with van der Waals surface area (Å²) in [6.45, 7) is 7.98. The summed E-state index contributed by atoms with van der Waals surface area (Å²) in [5.74, 6) is 1.75. The van der Waals surface area contributed by atoms with E-state index >= 15 is 0 Å². The number of rotatable bonds is 4. The molecule has 0 radical (unpaired) electrons. The number of halogens is 2. The Bertz CT molecular complexity index is 779. The molecule has 0 aliphatic carbocycles. The van der Waals surface area contributed by atoms with Crippen LogP contribution < -0.4 is 9.80 Å². The number of aromatic nitrogens is 2. The summed E-state index contributed by atoms with van der Waals surface area (Å²) in [6.07, 6.45) is 2.44. The van der Waals surface area contributed by atoms with E-state index in [4.69, 9.17) is 0 Å². The lowest BCUT2D eigenvalue weighted by Crippen LogP contribution is -2.46. The maximum atomic E-state index is 13.4. The largest absolute Gasteiger partial charge is 0.356 e. The van der Waals surface area contributed by atoms with Gasteiger partial charge in [-0.2, -0.15) is 0 Å². The number of hydrogen-bond donors (Lipinski definition) is 0. The fraction of sp³-hybridized carbons (Fsp3) is 0.500. The summed E-state index contributed by atoms with van der Waals surface area (Å²) in [4.78, 5) is 16.1. The Morgan fingerprint density at radius 2 is 1.33 bits per heavy atom. The van der Waals surface area contributed by atoms with Crippen molar-refractivity contribution in [2.24, 2.45) is 0 Å². The van der Waals surface area contributed by atoms with Crippen molar-refractivity contribution in [3.63, 3.8) is 0 Å². The number of anilines is 2. The van der Waals surface area contributed by atoms with Crippen LogP contribution >= 0.6 is 0 Å². The fourth-order valence-electron chi connectivity index (χ4n) is 3.90. The first-order chi connectivity index (χ1) is 13.1. The predicted octanol–water partition coefficient (Wildman–Crippen LogP) is 2.99. The normalized spacial score (nSPS) is 18.3. The Kier molecular flexibility index (Phi) is 5.20. The zero-order valence-corrected chi connectivity index (χ0v) is 15.7. The minimum absolute atomic E-state index is 0.519. The Balaban J connectivity index is 1.40. The van der Waals surface area contributed by atoms with Crippen LogP contribution in [0.1, 0.15) is 24.2 Å². The number of aryl methyl sites for hydroxylation is 1. The second-order valence-corrected chi connectivity index (χ2v) is 7.37. The molecule has 2 saturated heterocycles. The van der Waals surface area contributed by atoms with E-state index in [1.54, 1.807) is 0 Å². The molecule has 0 saturated carbocycles. The predicted molar refractivity (Wildman–Crippen MR) is 102 cm³/mol. The Morgan fingerprint density at radius 3 is 1.93 bits per heavy atom. The van der Waals surface area contributed by atoms with Gasteiger partial charge in [-0.3, -0.25) is 4.90 Å². The summed E-state index contributed by atoms with van der Waals surface area (Å²) in [5, 5.41) is 0. The summed E-state index contributed by atoms with van der Waals surface area (Å²) in [6, 6.07) is 5.82. The minimum Gasteiger partial charge on any atom is -0.356 e. The maximum Gasteiger partial charge on any atom is 0.134 e. The second-order valence-electron chi connectivity index (χ2n) is 7.37. The molecule has 0 atom stereocenters. The van der Waals surface area contributed by atoms with Gasteiger partial charge < -0.3 is 9.80 Å². The van der Waals surface area contributed by atoms with Crippen molar-refractivity contribution in [1.82, 2.24) is 14.9 Å². The molecule has 0 unspecified atom stereocenters. The average molecular weight is 373 g/mol. The molecule has 0 amide bonds. The SMILES string of the molecule is Cc1nc(N2CCCC2)cc(N2CCN(Cc3cc(F)cc(F)c3)CC2)n1. The number of benzene rings is 1. The molecule has 2 aliphatic rings. The standard InChI is InChI=1S/C20H25F2N5/c1-15-23-19(26-4-2-3-5-26)13-20(24-15)27-8-6-25(7-9-27)14-16-10-17(21)12-18(22)11-16/h10-13H,2-9,14H2,1H3. The smallest absolute Gasteiger partial charge is 0.134 e. The van der Waals surface area contributed by atoms with Gasteiger partial charge in [-0.25, -0.2) is 18.7 Å². The summed E-state index contributed by atoms with van der Waals surface area (Å²) >= 11 is 0. The molecule has 2 fully saturated rings. The van der Waals surface area contributed by atoms with Gasteiger partial charge in [-0.05, 0) is 37.5 Å². The molecule has 27 heavy (non-hydrogen) atoms.